The zero-order valence-electron chi connectivity index (χ0n) is 13.9. The van der Waals surface area contributed by atoms with Crippen molar-refractivity contribution in [2.45, 2.75) is 51.9 Å². The summed E-state index contributed by atoms with van der Waals surface area (Å²) in [7, 11) is 0. The Bertz CT molecular complexity index is 571. The molecule has 7 nitrogen and oxygen atoms in total. The van der Waals surface area contributed by atoms with Gasteiger partial charge in [-0.15, -0.1) is 12.4 Å². The lowest BCUT2D eigenvalue weighted by atomic mass is 9.65. The number of halogens is 1. The van der Waals surface area contributed by atoms with Crippen LogP contribution in [0.1, 0.15) is 40.0 Å². The maximum Gasteiger partial charge on any atom is 0.452 e. The van der Waals surface area contributed by atoms with Crippen LogP contribution in [0, 0.1) is 11.3 Å². The Morgan fingerprint density at radius 3 is 2.29 bits per heavy atom. The van der Waals surface area contributed by atoms with Gasteiger partial charge in [0, 0.05) is 12.0 Å². The Morgan fingerprint density at radius 1 is 1.29 bits per heavy atom. The summed E-state index contributed by atoms with van der Waals surface area (Å²) in [4.78, 5) is 22.8. The second kappa shape index (κ2) is 7.03. The summed E-state index contributed by atoms with van der Waals surface area (Å²) in [5, 5.41) is 18.5. The van der Waals surface area contributed by atoms with E-state index in [1.54, 1.807) is 6.08 Å². The van der Waals surface area contributed by atoms with Crippen molar-refractivity contribution in [2.75, 3.05) is 0 Å². The second-order valence-electron chi connectivity index (χ2n) is 6.22. The third-order valence-electron chi connectivity index (χ3n) is 4.66. The van der Waals surface area contributed by atoms with Crippen molar-refractivity contribution in [3.63, 3.8) is 0 Å². The molecule has 0 saturated carbocycles. The number of aliphatic carboxylic acids is 2. The van der Waals surface area contributed by atoms with Gasteiger partial charge in [-0.3, -0.25) is 0 Å². The van der Waals surface area contributed by atoms with E-state index in [2.05, 4.69) is 0 Å². The molecular formula is C16H24ClNO6. The van der Waals surface area contributed by atoms with Gasteiger partial charge in [-0.25, -0.2) is 9.59 Å². The van der Waals surface area contributed by atoms with Gasteiger partial charge in [-0.1, -0.05) is 19.9 Å². The molecule has 1 aliphatic heterocycles. The van der Waals surface area contributed by atoms with Gasteiger partial charge in [-0.2, -0.15) is 0 Å². The van der Waals surface area contributed by atoms with E-state index >= 15 is 0 Å². The third-order valence-corrected chi connectivity index (χ3v) is 4.66. The first-order chi connectivity index (χ1) is 10.7. The first-order valence-electron chi connectivity index (χ1n) is 7.76. The van der Waals surface area contributed by atoms with Crippen LogP contribution in [-0.4, -0.2) is 34.0 Å². The van der Waals surface area contributed by atoms with E-state index in [0.29, 0.717) is 18.6 Å². The van der Waals surface area contributed by atoms with Crippen molar-refractivity contribution in [2.24, 2.45) is 17.1 Å². The highest BCUT2D eigenvalue weighted by Crippen LogP contribution is 2.51. The van der Waals surface area contributed by atoms with Crippen molar-refractivity contribution in [1.82, 2.24) is 0 Å². The summed E-state index contributed by atoms with van der Waals surface area (Å²) >= 11 is 0. The van der Waals surface area contributed by atoms with Crippen molar-refractivity contribution in [1.29, 1.82) is 0 Å². The molecule has 0 saturated heterocycles. The quantitative estimate of drug-likeness (QED) is 0.621. The molecule has 0 amide bonds. The Hall–Kier alpha value is -1.73. The second-order valence-corrected chi connectivity index (χ2v) is 6.22. The van der Waals surface area contributed by atoms with E-state index in [9.17, 15) is 19.8 Å². The first kappa shape index (κ1) is 20.3. The fourth-order valence-electron chi connectivity index (χ4n) is 3.59. The molecule has 1 aliphatic carbocycles. The standard InChI is InChI=1S/C16H23NO6.ClH/c1-4-10-12-11(6-7-15(10,5-2)8-9(3)17)22-16(23-12,13(18)19)14(20)21;/h6-7,9-10H,4-5,8,17H2,1-3H3,(H,18,19)(H,20,21);1H. The van der Waals surface area contributed by atoms with Crippen molar-refractivity contribution >= 4 is 24.3 Å². The molecule has 8 heteroatoms. The minimum atomic E-state index is -2.71. The maximum atomic E-state index is 11.4. The molecule has 0 aromatic carbocycles. The van der Waals surface area contributed by atoms with Crippen LogP contribution in [0.4, 0.5) is 0 Å². The fourth-order valence-corrected chi connectivity index (χ4v) is 3.59. The molecule has 0 aromatic rings. The van der Waals surface area contributed by atoms with E-state index in [4.69, 9.17) is 15.2 Å². The summed E-state index contributed by atoms with van der Waals surface area (Å²) in [6.07, 6.45) is 5.68. The van der Waals surface area contributed by atoms with Gasteiger partial charge < -0.3 is 25.4 Å². The van der Waals surface area contributed by atoms with Crippen LogP contribution in [0.3, 0.4) is 0 Å². The summed E-state index contributed by atoms with van der Waals surface area (Å²) in [5.41, 5.74) is 5.67. The summed E-state index contributed by atoms with van der Waals surface area (Å²) in [6, 6.07) is -0.0539. The third kappa shape index (κ3) is 2.98. The fraction of sp³-hybridized carbons (Fsp3) is 0.625. The number of carboxylic acids is 2. The van der Waals surface area contributed by atoms with Crippen LogP contribution in [0.25, 0.3) is 0 Å². The van der Waals surface area contributed by atoms with Gasteiger partial charge in [0.15, 0.2) is 5.76 Å². The maximum absolute atomic E-state index is 11.4. The number of ether oxygens (including phenoxy) is 2. The van der Waals surface area contributed by atoms with Crippen LogP contribution >= 0.6 is 12.4 Å². The number of nitrogens with two attached hydrogens (primary N) is 1. The highest BCUT2D eigenvalue weighted by atomic mass is 35.5. The lowest BCUT2D eigenvalue weighted by molar-refractivity contribution is -0.214. The predicted octanol–water partition coefficient (Wildman–Crippen LogP) is 2.26. The number of allylic oxidation sites excluding steroid dienone is 3. The number of hydrogen-bond donors (Lipinski definition) is 3. The predicted molar refractivity (Wildman–Crippen MR) is 88.4 cm³/mol. The molecule has 3 atom stereocenters. The first-order valence-corrected chi connectivity index (χ1v) is 7.76. The van der Waals surface area contributed by atoms with Gasteiger partial charge in [0.1, 0.15) is 5.76 Å². The van der Waals surface area contributed by atoms with Crippen LogP contribution in [0.15, 0.2) is 23.7 Å². The van der Waals surface area contributed by atoms with Crippen LogP contribution in [0.5, 0.6) is 0 Å². The highest BCUT2D eigenvalue weighted by molar-refractivity contribution is 6.00. The lowest BCUT2D eigenvalue weighted by Gasteiger charge is -2.40. The molecule has 1 heterocycles. The molecule has 3 unspecified atom stereocenters. The molecule has 0 bridgehead atoms. The van der Waals surface area contributed by atoms with Gasteiger partial charge in [0.25, 0.3) is 0 Å². The van der Waals surface area contributed by atoms with E-state index in [-0.39, 0.29) is 35.5 Å². The Kier molecular flexibility index (Phi) is 5.95. The SMILES string of the molecule is CCC1C2=C(C=CC1(CC)CC(C)N)OC(C(=O)O)(C(=O)O)O2.Cl. The van der Waals surface area contributed by atoms with Crippen LogP contribution in [-0.2, 0) is 19.1 Å². The van der Waals surface area contributed by atoms with Gasteiger partial charge >= 0.3 is 17.7 Å². The zero-order chi connectivity index (χ0) is 17.4. The molecule has 0 aromatic heterocycles. The highest BCUT2D eigenvalue weighted by Gasteiger charge is 2.60. The normalized spacial score (nSPS) is 28.2. The Balaban J connectivity index is 0.00000288. The molecule has 2 rings (SSSR count). The molecule has 0 spiro atoms. The number of carbonyl (C=O) groups is 2. The van der Waals surface area contributed by atoms with Crippen LogP contribution in [0.2, 0.25) is 0 Å². The molecule has 0 radical (unpaired) electrons. The lowest BCUT2D eigenvalue weighted by Crippen LogP contribution is -2.48. The van der Waals surface area contributed by atoms with Crippen molar-refractivity contribution < 1.29 is 29.3 Å². The average molecular weight is 362 g/mol. The van der Waals surface area contributed by atoms with Gasteiger partial charge in [0.05, 0.1) is 0 Å². The van der Waals surface area contributed by atoms with Crippen molar-refractivity contribution in [3.05, 3.63) is 23.7 Å². The topological polar surface area (TPSA) is 119 Å². The molecule has 4 N–H and O–H groups in total. The molecule has 0 fully saturated rings. The van der Waals surface area contributed by atoms with Gasteiger partial charge in [0.2, 0.25) is 0 Å². The molecule has 136 valence electrons. The van der Waals surface area contributed by atoms with Gasteiger partial charge in [-0.05, 0) is 37.7 Å². The van der Waals surface area contributed by atoms with Crippen molar-refractivity contribution in [3.8, 4) is 0 Å². The average Bonchev–Trinajstić information content (AvgIpc) is 2.87. The van der Waals surface area contributed by atoms with E-state index < -0.39 is 17.7 Å². The molecule has 24 heavy (non-hydrogen) atoms. The summed E-state index contributed by atoms with van der Waals surface area (Å²) in [5.74, 6) is -5.79. The van der Waals surface area contributed by atoms with E-state index in [1.807, 2.05) is 26.8 Å². The van der Waals surface area contributed by atoms with E-state index in [0.717, 1.165) is 6.42 Å². The largest absolute Gasteiger partial charge is 0.475 e. The zero-order valence-corrected chi connectivity index (χ0v) is 14.8. The Morgan fingerprint density at radius 2 is 1.88 bits per heavy atom. The smallest absolute Gasteiger partial charge is 0.452 e. The number of rotatable bonds is 6. The number of carboxylic acid groups (broad SMARTS) is 2. The molecular weight excluding hydrogens is 338 g/mol. The Labute approximate surface area is 146 Å². The number of hydrogen-bond acceptors (Lipinski definition) is 5. The molecule has 2 aliphatic rings. The summed E-state index contributed by atoms with van der Waals surface area (Å²) < 4.78 is 10.6. The monoisotopic (exact) mass is 361 g/mol. The minimum absolute atomic E-state index is 0. The van der Waals surface area contributed by atoms with E-state index in [1.165, 1.54) is 0 Å². The van der Waals surface area contributed by atoms with Crippen LogP contribution < -0.4 is 5.73 Å². The summed E-state index contributed by atoms with van der Waals surface area (Å²) in [6.45, 7) is 5.88. The minimum Gasteiger partial charge on any atom is -0.475 e.